The van der Waals surface area contributed by atoms with E-state index in [4.69, 9.17) is 21.1 Å². The zero-order chi connectivity index (χ0) is 17.6. The van der Waals surface area contributed by atoms with Crippen molar-refractivity contribution in [3.63, 3.8) is 0 Å². The molecule has 0 atom stereocenters. The standard InChI is InChI=1S/C17H18ClN5O2/c1-22-9-19-15-14(22)16(21-17(18)20-15)23-5-4-10-6-12(24-2)13(25-3)7-11(10)8-23/h6-7,9H,4-5,8H2,1-3H3. The van der Waals surface area contributed by atoms with Crippen LogP contribution in [0, 0.1) is 0 Å². The van der Waals surface area contributed by atoms with E-state index in [9.17, 15) is 0 Å². The highest BCUT2D eigenvalue weighted by Crippen LogP contribution is 2.35. The molecular weight excluding hydrogens is 342 g/mol. The number of aromatic nitrogens is 4. The maximum absolute atomic E-state index is 6.11. The first-order valence-corrected chi connectivity index (χ1v) is 8.31. The molecule has 0 N–H and O–H groups in total. The van der Waals surface area contributed by atoms with Crippen LogP contribution in [-0.4, -0.2) is 40.3 Å². The SMILES string of the molecule is COc1cc2c(cc1OC)CN(c1nc(Cl)nc3ncn(C)c13)CC2. The maximum Gasteiger partial charge on any atom is 0.226 e. The van der Waals surface area contributed by atoms with E-state index in [1.807, 2.05) is 17.7 Å². The number of halogens is 1. The number of anilines is 1. The fourth-order valence-corrected chi connectivity index (χ4v) is 3.45. The van der Waals surface area contributed by atoms with Crippen LogP contribution in [0.1, 0.15) is 11.1 Å². The molecule has 0 spiro atoms. The first kappa shape index (κ1) is 16.0. The number of imidazole rings is 1. The Labute approximate surface area is 150 Å². The lowest BCUT2D eigenvalue weighted by Gasteiger charge is -2.30. The van der Waals surface area contributed by atoms with Crippen LogP contribution in [-0.2, 0) is 20.0 Å². The number of aryl methyl sites for hydroxylation is 1. The number of nitrogens with zero attached hydrogens (tertiary/aromatic N) is 5. The molecule has 1 aromatic carbocycles. The molecule has 0 fully saturated rings. The second kappa shape index (κ2) is 6.07. The fraction of sp³-hybridized carbons (Fsp3) is 0.353. The molecule has 1 aliphatic rings. The lowest BCUT2D eigenvalue weighted by molar-refractivity contribution is 0.353. The molecule has 3 heterocycles. The molecule has 0 amide bonds. The number of fused-ring (bicyclic) bond motifs is 2. The van der Waals surface area contributed by atoms with Crippen LogP contribution in [0.15, 0.2) is 18.5 Å². The van der Waals surface area contributed by atoms with Gasteiger partial charge in [0.05, 0.1) is 20.5 Å². The second-order valence-electron chi connectivity index (χ2n) is 5.99. The molecule has 7 nitrogen and oxygen atoms in total. The highest BCUT2D eigenvalue weighted by Gasteiger charge is 2.24. The van der Waals surface area contributed by atoms with E-state index in [0.29, 0.717) is 12.2 Å². The summed E-state index contributed by atoms with van der Waals surface area (Å²) in [6.07, 6.45) is 2.61. The average molecular weight is 360 g/mol. The van der Waals surface area contributed by atoms with Crippen LogP contribution < -0.4 is 14.4 Å². The normalized spacial score (nSPS) is 13.8. The summed E-state index contributed by atoms with van der Waals surface area (Å²) >= 11 is 6.11. The van der Waals surface area contributed by atoms with Crippen LogP contribution in [0.3, 0.4) is 0 Å². The Bertz CT molecular complexity index is 956. The summed E-state index contributed by atoms with van der Waals surface area (Å²) in [5, 5.41) is 0.208. The Morgan fingerprint density at radius 3 is 2.52 bits per heavy atom. The molecule has 2 aromatic heterocycles. The van der Waals surface area contributed by atoms with Gasteiger partial charge in [0.15, 0.2) is 23.0 Å². The van der Waals surface area contributed by atoms with Gasteiger partial charge in [-0.3, -0.25) is 0 Å². The van der Waals surface area contributed by atoms with Gasteiger partial charge < -0.3 is 18.9 Å². The Balaban J connectivity index is 1.77. The van der Waals surface area contributed by atoms with Crippen molar-refractivity contribution in [1.29, 1.82) is 0 Å². The van der Waals surface area contributed by atoms with E-state index in [2.05, 4.69) is 25.9 Å². The summed E-state index contributed by atoms with van der Waals surface area (Å²) in [7, 11) is 5.23. The third-order valence-corrected chi connectivity index (χ3v) is 4.71. The molecule has 0 saturated carbocycles. The minimum Gasteiger partial charge on any atom is -0.493 e. The predicted octanol–water partition coefficient (Wildman–Crippen LogP) is 2.60. The van der Waals surface area contributed by atoms with Crippen molar-refractivity contribution in [1.82, 2.24) is 19.5 Å². The molecule has 0 bridgehead atoms. The van der Waals surface area contributed by atoms with Crippen LogP contribution in [0.4, 0.5) is 5.82 Å². The average Bonchev–Trinajstić information content (AvgIpc) is 3.00. The van der Waals surface area contributed by atoms with Crippen LogP contribution in [0.5, 0.6) is 11.5 Å². The molecule has 3 aromatic rings. The molecule has 8 heteroatoms. The van der Waals surface area contributed by atoms with E-state index >= 15 is 0 Å². The van der Waals surface area contributed by atoms with Gasteiger partial charge in [0, 0.05) is 20.1 Å². The molecule has 0 aliphatic carbocycles. The molecule has 0 radical (unpaired) electrons. The summed E-state index contributed by atoms with van der Waals surface area (Å²) in [4.78, 5) is 15.2. The number of rotatable bonds is 3. The smallest absolute Gasteiger partial charge is 0.226 e. The predicted molar refractivity (Wildman–Crippen MR) is 95.6 cm³/mol. The van der Waals surface area contributed by atoms with Crippen molar-refractivity contribution in [3.05, 3.63) is 34.9 Å². The van der Waals surface area contributed by atoms with Crippen molar-refractivity contribution in [2.24, 2.45) is 7.05 Å². The van der Waals surface area contributed by atoms with E-state index in [1.54, 1.807) is 20.5 Å². The van der Waals surface area contributed by atoms with Crippen molar-refractivity contribution in [3.8, 4) is 11.5 Å². The Morgan fingerprint density at radius 1 is 1.08 bits per heavy atom. The van der Waals surface area contributed by atoms with Crippen molar-refractivity contribution >= 4 is 28.6 Å². The van der Waals surface area contributed by atoms with Gasteiger partial charge >= 0.3 is 0 Å². The van der Waals surface area contributed by atoms with Crippen LogP contribution in [0.2, 0.25) is 5.28 Å². The van der Waals surface area contributed by atoms with Gasteiger partial charge in [0.25, 0.3) is 0 Å². The van der Waals surface area contributed by atoms with Gasteiger partial charge in [-0.1, -0.05) is 0 Å². The zero-order valence-electron chi connectivity index (χ0n) is 14.3. The summed E-state index contributed by atoms with van der Waals surface area (Å²) in [6, 6.07) is 4.09. The fourth-order valence-electron chi connectivity index (χ4n) is 3.29. The van der Waals surface area contributed by atoms with E-state index in [0.717, 1.165) is 35.8 Å². The number of benzene rings is 1. The molecule has 0 unspecified atom stereocenters. The number of ether oxygens (including phenoxy) is 2. The summed E-state index contributed by atoms with van der Waals surface area (Å²) in [5.74, 6) is 2.29. The quantitative estimate of drug-likeness (QED) is 0.670. The molecule has 4 rings (SSSR count). The first-order valence-electron chi connectivity index (χ1n) is 7.94. The molecular formula is C17H18ClN5O2. The number of hydrogen-bond acceptors (Lipinski definition) is 6. The Morgan fingerprint density at radius 2 is 1.80 bits per heavy atom. The van der Waals surface area contributed by atoms with Crippen LogP contribution >= 0.6 is 11.6 Å². The lowest BCUT2D eigenvalue weighted by Crippen LogP contribution is -2.31. The highest BCUT2D eigenvalue weighted by atomic mass is 35.5. The zero-order valence-corrected chi connectivity index (χ0v) is 15.0. The number of hydrogen-bond donors (Lipinski definition) is 0. The molecule has 25 heavy (non-hydrogen) atoms. The molecule has 1 aliphatic heterocycles. The van der Waals surface area contributed by atoms with Gasteiger partial charge in [0.1, 0.15) is 5.52 Å². The van der Waals surface area contributed by atoms with Gasteiger partial charge in [-0.15, -0.1) is 0 Å². The van der Waals surface area contributed by atoms with Gasteiger partial charge in [-0.25, -0.2) is 4.98 Å². The minimum absolute atomic E-state index is 0.208. The molecule has 0 saturated heterocycles. The van der Waals surface area contributed by atoms with Gasteiger partial charge in [-0.05, 0) is 41.3 Å². The summed E-state index contributed by atoms with van der Waals surface area (Å²) in [5.41, 5.74) is 3.94. The topological polar surface area (TPSA) is 65.3 Å². The first-order chi connectivity index (χ1) is 12.1. The van der Waals surface area contributed by atoms with E-state index in [1.165, 1.54) is 11.1 Å². The van der Waals surface area contributed by atoms with Crippen LogP contribution in [0.25, 0.3) is 11.2 Å². The van der Waals surface area contributed by atoms with E-state index < -0.39 is 0 Å². The summed E-state index contributed by atoms with van der Waals surface area (Å²) < 4.78 is 12.8. The minimum atomic E-state index is 0.208. The maximum atomic E-state index is 6.11. The highest BCUT2D eigenvalue weighted by molar-refractivity contribution is 6.28. The van der Waals surface area contributed by atoms with Gasteiger partial charge in [0.2, 0.25) is 5.28 Å². The summed E-state index contributed by atoms with van der Waals surface area (Å²) in [6.45, 7) is 1.54. The Hall–Kier alpha value is -2.54. The number of methoxy groups -OCH3 is 2. The van der Waals surface area contributed by atoms with Gasteiger partial charge in [-0.2, -0.15) is 9.97 Å². The van der Waals surface area contributed by atoms with Crippen molar-refractivity contribution < 1.29 is 9.47 Å². The third kappa shape index (κ3) is 2.64. The van der Waals surface area contributed by atoms with Crippen molar-refractivity contribution in [2.45, 2.75) is 13.0 Å². The van der Waals surface area contributed by atoms with Crippen molar-refractivity contribution in [2.75, 3.05) is 25.7 Å². The monoisotopic (exact) mass is 359 g/mol. The lowest BCUT2D eigenvalue weighted by atomic mass is 9.98. The largest absolute Gasteiger partial charge is 0.493 e. The third-order valence-electron chi connectivity index (χ3n) is 4.54. The van der Waals surface area contributed by atoms with E-state index in [-0.39, 0.29) is 5.28 Å². The second-order valence-corrected chi connectivity index (χ2v) is 6.33. The Kier molecular flexibility index (Phi) is 3.88. The molecule has 130 valence electrons.